The van der Waals surface area contributed by atoms with Crippen LogP contribution in [0.5, 0.6) is 0 Å². The molecule has 2 aromatic carbocycles. The maximum Gasteiger partial charge on any atom is 0.310 e. The fraction of sp³-hybridized carbons (Fsp3) is 0.0769. The lowest BCUT2D eigenvalue weighted by atomic mass is 10.2. The van der Waals surface area contributed by atoms with Gasteiger partial charge in [0.05, 0.1) is 4.92 Å². The van der Waals surface area contributed by atoms with E-state index in [2.05, 4.69) is 5.32 Å². The normalized spacial score (nSPS) is 10.2. The third-order valence-electron chi connectivity index (χ3n) is 2.57. The summed E-state index contributed by atoms with van der Waals surface area (Å²) < 4.78 is 0. The Hall–Kier alpha value is -1.78. The van der Waals surface area contributed by atoms with Gasteiger partial charge in [0.1, 0.15) is 10.7 Å². The van der Waals surface area contributed by atoms with Crippen LogP contribution in [0.15, 0.2) is 42.5 Å². The predicted molar refractivity (Wildman–Crippen MR) is 76.9 cm³/mol. The highest BCUT2D eigenvalue weighted by Crippen LogP contribution is 2.32. The molecular formula is C13H10Cl2N2O2. The second-order valence-electron chi connectivity index (χ2n) is 3.87. The van der Waals surface area contributed by atoms with Crippen LogP contribution in [0.4, 0.5) is 11.4 Å². The molecule has 0 unspecified atom stereocenters. The van der Waals surface area contributed by atoms with Gasteiger partial charge in [0.15, 0.2) is 0 Å². The first-order valence-corrected chi connectivity index (χ1v) is 6.25. The number of nitro groups is 1. The molecule has 98 valence electrons. The summed E-state index contributed by atoms with van der Waals surface area (Å²) in [6.07, 6.45) is 0. The van der Waals surface area contributed by atoms with Gasteiger partial charge in [0.25, 0.3) is 0 Å². The van der Waals surface area contributed by atoms with Crippen molar-refractivity contribution in [1.82, 2.24) is 0 Å². The van der Waals surface area contributed by atoms with Crippen molar-refractivity contribution in [2.24, 2.45) is 0 Å². The molecule has 0 fully saturated rings. The van der Waals surface area contributed by atoms with Crippen LogP contribution in [0, 0.1) is 10.1 Å². The van der Waals surface area contributed by atoms with Crippen molar-refractivity contribution in [3.8, 4) is 0 Å². The highest BCUT2D eigenvalue weighted by Gasteiger charge is 2.17. The van der Waals surface area contributed by atoms with E-state index in [-0.39, 0.29) is 10.7 Å². The molecule has 1 N–H and O–H groups in total. The summed E-state index contributed by atoms with van der Waals surface area (Å²) in [6.45, 7) is 0.457. The molecule has 0 spiro atoms. The number of anilines is 1. The average Bonchev–Trinajstić information content (AvgIpc) is 2.37. The van der Waals surface area contributed by atoms with Gasteiger partial charge in [-0.1, -0.05) is 41.4 Å². The highest BCUT2D eigenvalue weighted by molar-refractivity contribution is 6.33. The SMILES string of the molecule is O=[N+]([O-])c1c(Cl)cccc1NCc1ccc(Cl)cc1. The number of nitrogens with one attached hydrogen (secondary N) is 1. The first kappa shape index (κ1) is 13.6. The Morgan fingerprint density at radius 1 is 1.11 bits per heavy atom. The Morgan fingerprint density at radius 2 is 1.79 bits per heavy atom. The van der Waals surface area contributed by atoms with E-state index < -0.39 is 4.92 Å². The van der Waals surface area contributed by atoms with Gasteiger partial charge in [-0.3, -0.25) is 10.1 Å². The van der Waals surface area contributed by atoms with Gasteiger partial charge in [0, 0.05) is 11.6 Å². The van der Waals surface area contributed by atoms with Crippen LogP contribution < -0.4 is 5.32 Å². The molecule has 0 saturated heterocycles. The smallest absolute Gasteiger partial charge is 0.310 e. The summed E-state index contributed by atoms with van der Waals surface area (Å²) in [5.41, 5.74) is 1.25. The molecule has 6 heteroatoms. The van der Waals surface area contributed by atoms with Gasteiger partial charge in [-0.2, -0.15) is 0 Å². The van der Waals surface area contributed by atoms with E-state index in [1.165, 1.54) is 6.07 Å². The third-order valence-corrected chi connectivity index (χ3v) is 3.12. The molecule has 19 heavy (non-hydrogen) atoms. The van der Waals surface area contributed by atoms with Crippen LogP contribution in [-0.2, 0) is 6.54 Å². The molecule has 0 aromatic heterocycles. The van der Waals surface area contributed by atoms with Crippen LogP contribution in [0.25, 0.3) is 0 Å². The highest BCUT2D eigenvalue weighted by atomic mass is 35.5. The van der Waals surface area contributed by atoms with Gasteiger partial charge >= 0.3 is 5.69 Å². The van der Waals surface area contributed by atoms with Crippen molar-refractivity contribution in [2.45, 2.75) is 6.54 Å². The fourth-order valence-corrected chi connectivity index (χ4v) is 2.01. The second-order valence-corrected chi connectivity index (χ2v) is 4.72. The quantitative estimate of drug-likeness (QED) is 0.667. The number of para-hydroxylation sites is 1. The lowest BCUT2D eigenvalue weighted by Gasteiger charge is -2.08. The predicted octanol–water partition coefficient (Wildman–Crippen LogP) is 4.51. The Balaban J connectivity index is 2.18. The number of hydrogen-bond acceptors (Lipinski definition) is 3. The number of rotatable bonds is 4. The molecule has 0 aliphatic heterocycles. The topological polar surface area (TPSA) is 55.2 Å². The van der Waals surface area contributed by atoms with E-state index in [1.807, 2.05) is 12.1 Å². The zero-order valence-electron chi connectivity index (χ0n) is 9.77. The van der Waals surface area contributed by atoms with Crippen LogP contribution >= 0.6 is 23.2 Å². The van der Waals surface area contributed by atoms with Crippen LogP contribution in [0.1, 0.15) is 5.56 Å². The molecule has 0 heterocycles. The van der Waals surface area contributed by atoms with E-state index >= 15 is 0 Å². The van der Waals surface area contributed by atoms with Crippen LogP contribution in [-0.4, -0.2) is 4.92 Å². The minimum absolute atomic E-state index is 0.113. The Morgan fingerprint density at radius 3 is 2.42 bits per heavy atom. The summed E-state index contributed by atoms with van der Waals surface area (Å²) in [4.78, 5) is 10.5. The number of nitro benzene ring substituents is 1. The maximum absolute atomic E-state index is 11.0. The van der Waals surface area contributed by atoms with E-state index in [0.29, 0.717) is 17.3 Å². The zero-order valence-corrected chi connectivity index (χ0v) is 11.3. The van der Waals surface area contributed by atoms with Crippen molar-refractivity contribution < 1.29 is 4.92 Å². The summed E-state index contributed by atoms with van der Waals surface area (Å²) >= 11 is 11.6. The van der Waals surface area contributed by atoms with E-state index in [9.17, 15) is 10.1 Å². The first-order valence-electron chi connectivity index (χ1n) is 5.49. The molecule has 0 saturated carbocycles. The van der Waals surface area contributed by atoms with Gasteiger partial charge in [-0.25, -0.2) is 0 Å². The number of halogens is 2. The fourth-order valence-electron chi connectivity index (χ4n) is 1.64. The van der Waals surface area contributed by atoms with Gasteiger partial charge in [-0.15, -0.1) is 0 Å². The van der Waals surface area contributed by atoms with Crippen LogP contribution in [0.2, 0.25) is 10.0 Å². The Labute approximate surface area is 120 Å². The number of hydrogen-bond donors (Lipinski definition) is 1. The first-order chi connectivity index (χ1) is 9.08. The Kier molecular flexibility index (Phi) is 4.24. The molecule has 0 radical (unpaired) electrons. The van der Waals surface area contributed by atoms with Gasteiger partial charge < -0.3 is 5.32 Å². The third kappa shape index (κ3) is 3.36. The molecule has 0 amide bonds. The molecule has 2 rings (SSSR count). The monoisotopic (exact) mass is 296 g/mol. The molecule has 4 nitrogen and oxygen atoms in total. The number of benzene rings is 2. The van der Waals surface area contributed by atoms with Crippen molar-refractivity contribution in [1.29, 1.82) is 0 Å². The van der Waals surface area contributed by atoms with Crippen molar-refractivity contribution in [3.05, 3.63) is 68.2 Å². The summed E-state index contributed by atoms with van der Waals surface area (Å²) in [5.74, 6) is 0. The minimum atomic E-state index is -0.494. The van der Waals surface area contributed by atoms with E-state index in [1.54, 1.807) is 24.3 Å². The minimum Gasteiger partial charge on any atom is -0.375 e. The summed E-state index contributed by atoms with van der Waals surface area (Å²) in [6, 6.07) is 12.0. The maximum atomic E-state index is 11.0. The second kappa shape index (κ2) is 5.91. The molecular weight excluding hydrogens is 287 g/mol. The van der Waals surface area contributed by atoms with E-state index in [0.717, 1.165) is 5.56 Å². The Bertz CT molecular complexity index is 600. The van der Waals surface area contributed by atoms with Crippen molar-refractivity contribution in [2.75, 3.05) is 5.32 Å². The molecule has 2 aromatic rings. The zero-order chi connectivity index (χ0) is 13.8. The molecule has 0 atom stereocenters. The summed E-state index contributed by atoms with van der Waals surface area (Å²) in [7, 11) is 0. The van der Waals surface area contributed by atoms with Crippen molar-refractivity contribution in [3.63, 3.8) is 0 Å². The lowest BCUT2D eigenvalue weighted by molar-refractivity contribution is -0.383. The average molecular weight is 297 g/mol. The molecule has 0 aliphatic rings. The molecule has 0 aliphatic carbocycles. The van der Waals surface area contributed by atoms with Crippen molar-refractivity contribution >= 4 is 34.6 Å². The lowest BCUT2D eigenvalue weighted by Crippen LogP contribution is -2.02. The van der Waals surface area contributed by atoms with E-state index in [4.69, 9.17) is 23.2 Å². The largest absolute Gasteiger partial charge is 0.375 e. The van der Waals surface area contributed by atoms with Crippen LogP contribution in [0.3, 0.4) is 0 Å². The molecule has 0 bridgehead atoms. The standard InChI is InChI=1S/C13H10Cl2N2O2/c14-10-6-4-9(5-7-10)8-16-12-3-1-2-11(15)13(12)17(18)19/h1-7,16H,8H2. The number of nitrogens with zero attached hydrogens (tertiary/aromatic N) is 1. The summed E-state index contributed by atoms with van der Waals surface area (Å²) in [5, 5.41) is 14.7. The van der Waals surface area contributed by atoms with Gasteiger partial charge in [0.2, 0.25) is 0 Å². The van der Waals surface area contributed by atoms with Gasteiger partial charge in [-0.05, 0) is 29.8 Å².